The van der Waals surface area contributed by atoms with E-state index in [2.05, 4.69) is 16.0 Å². The smallest absolute Gasteiger partial charge is 0.318 e. The van der Waals surface area contributed by atoms with Crippen molar-refractivity contribution in [2.75, 3.05) is 18.0 Å². The monoisotopic (exact) mass is 427 g/mol. The van der Waals surface area contributed by atoms with Gasteiger partial charge in [-0.15, -0.1) is 0 Å². The first-order valence-electron chi connectivity index (χ1n) is 9.40. The maximum atomic E-state index is 12.8. The van der Waals surface area contributed by atoms with E-state index in [9.17, 15) is 9.59 Å². The van der Waals surface area contributed by atoms with Crippen molar-refractivity contribution in [3.8, 4) is 0 Å². The van der Waals surface area contributed by atoms with E-state index in [-0.39, 0.29) is 6.04 Å². The number of halogens is 1. The predicted molar refractivity (Wildman–Crippen MR) is 116 cm³/mol. The number of pyridine rings is 1. The van der Waals surface area contributed by atoms with Crippen molar-refractivity contribution in [1.82, 2.24) is 19.1 Å². The van der Waals surface area contributed by atoms with E-state index in [4.69, 9.17) is 16.6 Å². The van der Waals surface area contributed by atoms with Crippen molar-refractivity contribution >= 4 is 49.4 Å². The number of piperidine rings is 1. The molecule has 9 heteroatoms. The second-order valence-electron chi connectivity index (χ2n) is 7.22. The van der Waals surface area contributed by atoms with Crippen LogP contribution in [-0.2, 0) is 7.05 Å². The lowest BCUT2D eigenvalue weighted by molar-refractivity contribution is 0.392. The van der Waals surface area contributed by atoms with Gasteiger partial charge in [-0.05, 0) is 31.0 Å². The minimum absolute atomic E-state index is 0.0850. The number of benzene rings is 1. The summed E-state index contributed by atoms with van der Waals surface area (Å²) < 4.78 is 4.05. The minimum atomic E-state index is -0.560. The van der Waals surface area contributed by atoms with Crippen molar-refractivity contribution in [3.63, 3.8) is 0 Å². The first kappa shape index (κ1) is 18.3. The molecule has 0 atom stereocenters. The van der Waals surface area contributed by atoms with Crippen LogP contribution in [0.1, 0.15) is 18.9 Å². The third-order valence-corrected chi connectivity index (χ3v) is 6.80. The fraction of sp³-hybridized carbons (Fsp3) is 0.300. The van der Waals surface area contributed by atoms with Gasteiger partial charge >= 0.3 is 11.1 Å². The highest BCUT2D eigenvalue weighted by Gasteiger charge is 2.26. The summed E-state index contributed by atoms with van der Waals surface area (Å²) in [6.07, 6.45) is 2.99. The number of aromatic nitrogens is 4. The van der Waals surface area contributed by atoms with E-state index < -0.39 is 11.1 Å². The zero-order valence-corrected chi connectivity index (χ0v) is 17.3. The van der Waals surface area contributed by atoms with Gasteiger partial charge in [0.1, 0.15) is 0 Å². The molecular formula is C20H18ClN5O2S. The van der Waals surface area contributed by atoms with Crippen LogP contribution in [-0.4, -0.2) is 32.2 Å². The molecule has 4 aromatic rings. The summed E-state index contributed by atoms with van der Waals surface area (Å²) in [7, 11) is 1.57. The molecule has 0 aliphatic carbocycles. The van der Waals surface area contributed by atoms with E-state index in [1.54, 1.807) is 29.0 Å². The molecule has 0 saturated carbocycles. The first-order chi connectivity index (χ1) is 14.0. The van der Waals surface area contributed by atoms with Gasteiger partial charge in [0.2, 0.25) is 0 Å². The summed E-state index contributed by atoms with van der Waals surface area (Å²) >= 11 is 7.74. The third kappa shape index (κ3) is 3.03. The van der Waals surface area contributed by atoms with E-state index in [0.717, 1.165) is 36.6 Å². The summed E-state index contributed by atoms with van der Waals surface area (Å²) in [5, 5.41) is 1.43. The van der Waals surface area contributed by atoms with Gasteiger partial charge in [-0.2, -0.15) is 0 Å². The zero-order chi connectivity index (χ0) is 20.1. The Hall–Kier alpha value is -2.71. The molecule has 3 aromatic heterocycles. The molecule has 1 saturated heterocycles. The van der Waals surface area contributed by atoms with Gasteiger partial charge in [-0.1, -0.05) is 35.1 Å². The molecule has 29 heavy (non-hydrogen) atoms. The average Bonchev–Trinajstić information content (AvgIpc) is 3.17. The number of fused-ring (bicyclic) bond motifs is 2. The second kappa shape index (κ2) is 6.96. The summed E-state index contributed by atoms with van der Waals surface area (Å²) in [6, 6.07) is 9.69. The third-order valence-electron chi connectivity index (χ3n) is 5.49. The lowest BCUT2D eigenvalue weighted by Gasteiger charge is -2.33. The highest BCUT2D eigenvalue weighted by molar-refractivity contribution is 7.22. The topological polar surface area (TPSA) is 73.0 Å². The van der Waals surface area contributed by atoms with Gasteiger partial charge in [0, 0.05) is 32.4 Å². The number of anilines is 1. The summed E-state index contributed by atoms with van der Waals surface area (Å²) in [4.78, 5) is 36.6. The lowest BCUT2D eigenvalue weighted by atomic mass is 10.0. The summed E-state index contributed by atoms with van der Waals surface area (Å²) in [5.41, 5.74) is 0.976. The van der Waals surface area contributed by atoms with Crippen molar-refractivity contribution < 1.29 is 0 Å². The lowest BCUT2D eigenvalue weighted by Crippen LogP contribution is -2.45. The standard InChI is InChI=1S/C20H18ClN5O2S/c1-24-15-10-12(21)11-22-17(15)26(19(28)18(24)27)13-6-8-25(9-7-13)20-23-14-4-2-3-5-16(14)29-20/h2-5,10-11,13H,6-9H2,1H3. The molecule has 0 spiro atoms. The Morgan fingerprint density at radius 2 is 1.90 bits per heavy atom. The number of aryl methyl sites for hydroxylation is 1. The SMILES string of the molecule is Cn1c(=O)c(=O)n(C2CCN(c3nc4ccccc4s3)CC2)c2ncc(Cl)cc21. The van der Waals surface area contributed by atoms with Gasteiger partial charge in [-0.3, -0.25) is 14.2 Å². The van der Waals surface area contributed by atoms with E-state index in [1.807, 2.05) is 18.2 Å². The highest BCUT2D eigenvalue weighted by Crippen LogP contribution is 2.32. The number of rotatable bonds is 2. The molecular weight excluding hydrogens is 410 g/mol. The van der Waals surface area contributed by atoms with Crippen LogP contribution < -0.4 is 16.0 Å². The number of thiazole rings is 1. The van der Waals surface area contributed by atoms with Gasteiger partial charge in [0.05, 0.1) is 20.8 Å². The molecule has 0 bridgehead atoms. The Labute approximate surface area is 174 Å². The van der Waals surface area contributed by atoms with Gasteiger partial charge < -0.3 is 9.47 Å². The van der Waals surface area contributed by atoms with Crippen LogP contribution in [0.15, 0.2) is 46.1 Å². The fourth-order valence-electron chi connectivity index (χ4n) is 3.96. The van der Waals surface area contributed by atoms with E-state index in [0.29, 0.717) is 16.2 Å². The Morgan fingerprint density at radius 1 is 1.14 bits per heavy atom. The molecule has 0 radical (unpaired) electrons. The van der Waals surface area contributed by atoms with E-state index in [1.165, 1.54) is 15.5 Å². The maximum absolute atomic E-state index is 12.8. The minimum Gasteiger partial charge on any atom is -0.348 e. The van der Waals surface area contributed by atoms with Crippen LogP contribution >= 0.6 is 22.9 Å². The van der Waals surface area contributed by atoms with Crippen molar-refractivity contribution in [2.24, 2.45) is 7.05 Å². The molecule has 7 nitrogen and oxygen atoms in total. The fourth-order valence-corrected chi connectivity index (χ4v) is 5.12. The molecule has 1 aliphatic rings. The summed E-state index contributed by atoms with van der Waals surface area (Å²) in [5.74, 6) is 0. The molecule has 1 aromatic carbocycles. The number of hydrogen-bond acceptors (Lipinski definition) is 6. The molecule has 5 rings (SSSR count). The van der Waals surface area contributed by atoms with Crippen LogP contribution in [0.5, 0.6) is 0 Å². The van der Waals surface area contributed by atoms with Gasteiger partial charge in [0.25, 0.3) is 0 Å². The average molecular weight is 428 g/mol. The number of nitrogens with zero attached hydrogens (tertiary/aromatic N) is 5. The molecule has 1 fully saturated rings. The van der Waals surface area contributed by atoms with Crippen molar-refractivity contribution in [1.29, 1.82) is 0 Å². The molecule has 1 aliphatic heterocycles. The van der Waals surface area contributed by atoms with Crippen molar-refractivity contribution in [2.45, 2.75) is 18.9 Å². The Morgan fingerprint density at radius 3 is 2.66 bits per heavy atom. The normalized spacial score (nSPS) is 15.4. The highest BCUT2D eigenvalue weighted by atomic mass is 35.5. The molecule has 148 valence electrons. The van der Waals surface area contributed by atoms with Gasteiger partial charge in [-0.25, -0.2) is 9.97 Å². The second-order valence-corrected chi connectivity index (χ2v) is 8.66. The van der Waals surface area contributed by atoms with Gasteiger partial charge in [0.15, 0.2) is 10.8 Å². The Bertz CT molecular complexity index is 1320. The van der Waals surface area contributed by atoms with Crippen LogP contribution in [0, 0.1) is 0 Å². The first-order valence-corrected chi connectivity index (χ1v) is 10.6. The maximum Gasteiger partial charge on any atom is 0.318 e. The van der Waals surface area contributed by atoms with E-state index >= 15 is 0 Å². The van der Waals surface area contributed by atoms with Crippen LogP contribution in [0.3, 0.4) is 0 Å². The molecule has 4 heterocycles. The number of para-hydroxylation sites is 1. The van der Waals surface area contributed by atoms with Crippen LogP contribution in [0.4, 0.5) is 5.13 Å². The summed E-state index contributed by atoms with van der Waals surface area (Å²) in [6.45, 7) is 1.53. The Kier molecular flexibility index (Phi) is 4.40. The molecule has 0 unspecified atom stereocenters. The van der Waals surface area contributed by atoms with Crippen molar-refractivity contribution in [3.05, 3.63) is 62.3 Å². The largest absolute Gasteiger partial charge is 0.348 e. The predicted octanol–water partition coefficient (Wildman–Crippen LogP) is 3.20. The molecule has 0 amide bonds. The Balaban J connectivity index is 1.48. The van der Waals surface area contributed by atoms with Crippen LogP contribution in [0.25, 0.3) is 21.4 Å². The van der Waals surface area contributed by atoms with Crippen LogP contribution in [0.2, 0.25) is 5.02 Å². The number of hydrogen-bond donors (Lipinski definition) is 0. The molecule has 0 N–H and O–H groups in total. The quantitative estimate of drug-likeness (QED) is 0.459. The zero-order valence-electron chi connectivity index (χ0n) is 15.7.